The zero-order valence-corrected chi connectivity index (χ0v) is 10.4. The number of benzene rings is 1. The number of nitrogens with zero attached hydrogens (tertiary/aromatic N) is 1. The van der Waals surface area contributed by atoms with Gasteiger partial charge < -0.3 is 9.73 Å². The summed E-state index contributed by atoms with van der Waals surface area (Å²) in [5, 5.41) is 3.24. The van der Waals surface area contributed by atoms with E-state index in [-0.39, 0.29) is 5.82 Å². The van der Waals surface area contributed by atoms with Crippen molar-refractivity contribution in [3.05, 3.63) is 54.2 Å². The van der Waals surface area contributed by atoms with Crippen LogP contribution < -0.4 is 5.32 Å². The Kier molecular flexibility index (Phi) is 4.36. The van der Waals surface area contributed by atoms with Crippen molar-refractivity contribution in [2.45, 2.75) is 6.54 Å². The molecule has 0 atom stereocenters. The van der Waals surface area contributed by atoms with E-state index in [1.807, 2.05) is 19.2 Å². The highest BCUT2D eigenvalue weighted by Crippen LogP contribution is 2.08. The Morgan fingerprint density at radius 1 is 1.22 bits per heavy atom. The Hall–Kier alpha value is -1.81. The molecule has 1 heterocycles. The molecule has 0 amide bonds. The van der Waals surface area contributed by atoms with Gasteiger partial charge in [0.2, 0.25) is 0 Å². The highest BCUT2D eigenvalue weighted by Gasteiger charge is 2.02. The van der Waals surface area contributed by atoms with Gasteiger partial charge in [0.1, 0.15) is 11.6 Å². The van der Waals surface area contributed by atoms with Gasteiger partial charge in [-0.05, 0) is 43.4 Å². The number of anilines is 1. The normalized spacial score (nSPS) is 10.8. The van der Waals surface area contributed by atoms with Crippen LogP contribution in [0.4, 0.5) is 10.1 Å². The number of hydrogen-bond acceptors (Lipinski definition) is 3. The van der Waals surface area contributed by atoms with E-state index < -0.39 is 0 Å². The minimum absolute atomic E-state index is 0.213. The van der Waals surface area contributed by atoms with Crippen molar-refractivity contribution in [1.82, 2.24) is 4.90 Å². The Bertz CT molecular complexity index is 453. The molecule has 1 aromatic carbocycles. The maximum Gasteiger partial charge on any atom is 0.123 e. The molecule has 0 aliphatic heterocycles. The third-order valence-electron chi connectivity index (χ3n) is 2.67. The summed E-state index contributed by atoms with van der Waals surface area (Å²) in [6.45, 7) is 2.49. The van der Waals surface area contributed by atoms with E-state index in [0.717, 1.165) is 31.1 Å². The fraction of sp³-hybridized carbons (Fsp3) is 0.286. The molecule has 1 N–H and O–H groups in total. The molecule has 18 heavy (non-hydrogen) atoms. The van der Waals surface area contributed by atoms with E-state index in [0.29, 0.717) is 0 Å². The van der Waals surface area contributed by atoms with Crippen molar-refractivity contribution in [2.75, 3.05) is 25.5 Å². The molecule has 96 valence electrons. The number of furan rings is 1. The second kappa shape index (κ2) is 6.21. The first kappa shape index (κ1) is 12.6. The van der Waals surface area contributed by atoms with E-state index in [2.05, 4.69) is 10.2 Å². The summed E-state index contributed by atoms with van der Waals surface area (Å²) in [6, 6.07) is 10.2. The molecule has 0 saturated carbocycles. The molecule has 0 fully saturated rings. The largest absolute Gasteiger partial charge is 0.468 e. The summed E-state index contributed by atoms with van der Waals surface area (Å²) >= 11 is 0. The Labute approximate surface area is 106 Å². The third kappa shape index (κ3) is 3.89. The molecule has 2 rings (SSSR count). The van der Waals surface area contributed by atoms with Crippen molar-refractivity contribution in [3.8, 4) is 0 Å². The quantitative estimate of drug-likeness (QED) is 0.852. The van der Waals surface area contributed by atoms with Crippen LogP contribution in [0, 0.1) is 5.82 Å². The van der Waals surface area contributed by atoms with Gasteiger partial charge in [0.15, 0.2) is 0 Å². The number of hydrogen-bond donors (Lipinski definition) is 1. The highest BCUT2D eigenvalue weighted by molar-refractivity contribution is 5.42. The third-order valence-corrected chi connectivity index (χ3v) is 2.67. The van der Waals surface area contributed by atoms with Crippen LogP contribution in [0.15, 0.2) is 47.1 Å². The zero-order chi connectivity index (χ0) is 12.8. The summed E-state index contributed by atoms with van der Waals surface area (Å²) in [6.07, 6.45) is 1.68. The number of likely N-dealkylation sites (N-methyl/N-ethyl adjacent to an activating group) is 1. The topological polar surface area (TPSA) is 28.4 Å². The van der Waals surface area contributed by atoms with Crippen molar-refractivity contribution < 1.29 is 8.81 Å². The van der Waals surface area contributed by atoms with Crippen LogP contribution in [0.25, 0.3) is 0 Å². The summed E-state index contributed by atoms with van der Waals surface area (Å²) in [5.41, 5.74) is 0.933. The fourth-order valence-corrected chi connectivity index (χ4v) is 1.71. The summed E-state index contributed by atoms with van der Waals surface area (Å²) in [5.74, 6) is 0.745. The van der Waals surface area contributed by atoms with Gasteiger partial charge in [-0.25, -0.2) is 4.39 Å². The highest BCUT2D eigenvalue weighted by atomic mass is 19.1. The molecule has 0 radical (unpaired) electrons. The predicted molar refractivity (Wildman–Crippen MR) is 69.9 cm³/mol. The summed E-state index contributed by atoms with van der Waals surface area (Å²) in [4.78, 5) is 2.16. The molecule has 0 bridgehead atoms. The van der Waals surface area contributed by atoms with Gasteiger partial charge in [-0.2, -0.15) is 0 Å². The van der Waals surface area contributed by atoms with E-state index in [9.17, 15) is 4.39 Å². The van der Waals surface area contributed by atoms with Crippen LogP contribution in [-0.2, 0) is 6.54 Å². The maximum atomic E-state index is 12.7. The fourth-order valence-electron chi connectivity index (χ4n) is 1.71. The Morgan fingerprint density at radius 3 is 2.67 bits per heavy atom. The first-order valence-corrected chi connectivity index (χ1v) is 5.94. The second-order valence-corrected chi connectivity index (χ2v) is 4.25. The second-order valence-electron chi connectivity index (χ2n) is 4.25. The van der Waals surface area contributed by atoms with Gasteiger partial charge in [0, 0.05) is 18.8 Å². The molecule has 0 spiro atoms. The summed E-state index contributed by atoms with van der Waals surface area (Å²) < 4.78 is 18.0. The molecule has 1 aromatic heterocycles. The molecule has 0 aliphatic rings. The van der Waals surface area contributed by atoms with Gasteiger partial charge in [-0.1, -0.05) is 0 Å². The molecule has 2 aromatic rings. The average molecular weight is 248 g/mol. The first-order valence-electron chi connectivity index (χ1n) is 5.94. The monoisotopic (exact) mass is 248 g/mol. The van der Waals surface area contributed by atoms with Gasteiger partial charge in [0.05, 0.1) is 12.8 Å². The lowest BCUT2D eigenvalue weighted by Gasteiger charge is -2.15. The number of nitrogens with one attached hydrogen (secondary N) is 1. The average Bonchev–Trinajstić information content (AvgIpc) is 2.84. The lowest BCUT2D eigenvalue weighted by atomic mass is 10.3. The zero-order valence-electron chi connectivity index (χ0n) is 10.4. The van der Waals surface area contributed by atoms with E-state index in [4.69, 9.17) is 4.42 Å². The first-order chi connectivity index (χ1) is 8.74. The van der Waals surface area contributed by atoms with Gasteiger partial charge >= 0.3 is 0 Å². The molecule has 0 saturated heterocycles. The molecule has 0 aliphatic carbocycles. The maximum absolute atomic E-state index is 12.7. The minimum Gasteiger partial charge on any atom is -0.468 e. The SMILES string of the molecule is CN(CCNc1ccc(F)cc1)Cc1ccco1. The molecular formula is C14H17FN2O. The van der Waals surface area contributed by atoms with E-state index >= 15 is 0 Å². The number of halogens is 1. The Morgan fingerprint density at radius 2 is 2.00 bits per heavy atom. The van der Waals surface area contributed by atoms with E-state index in [1.165, 1.54) is 12.1 Å². The van der Waals surface area contributed by atoms with Crippen LogP contribution in [-0.4, -0.2) is 25.0 Å². The summed E-state index contributed by atoms with van der Waals surface area (Å²) in [7, 11) is 2.04. The predicted octanol–water partition coefficient (Wildman–Crippen LogP) is 2.96. The van der Waals surface area contributed by atoms with Crippen molar-refractivity contribution >= 4 is 5.69 Å². The smallest absolute Gasteiger partial charge is 0.123 e. The van der Waals surface area contributed by atoms with Crippen LogP contribution in [0.1, 0.15) is 5.76 Å². The standard InChI is InChI=1S/C14H17FN2O/c1-17(11-14-3-2-10-18-14)9-8-16-13-6-4-12(15)5-7-13/h2-7,10,16H,8-9,11H2,1H3. The lowest BCUT2D eigenvalue weighted by Crippen LogP contribution is -2.24. The Balaban J connectivity index is 1.70. The van der Waals surface area contributed by atoms with Crippen LogP contribution >= 0.6 is 0 Å². The van der Waals surface area contributed by atoms with Gasteiger partial charge in [-0.15, -0.1) is 0 Å². The lowest BCUT2D eigenvalue weighted by molar-refractivity contribution is 0.305. The van der Waals surface area contributed by atoms with Crippen LogP contribution in [0.3, 0.4) is 0 Å². The van der Waals surface area contributed by atoms with Crippen LogP contribution in [0.5, 0.6) is 0 Å². The van der Waals surface area contributed by atoms with Crippen molar-refractivity contribution in [1.29, 1.82) is 0 Å². The van der Waals surface area contributed by atoms with E-state index in [1.54, 1.807) is 18.4 Å². The van der Waals surface area contributed by atoms with Crippen molar-refractivity contribution in [2.24, 2.45) is 0 Å². The molecule has 0 unspecified atom stereocenters. The molecule has 3 nitrogen and oxygen atoms in total. The number of rotatable bonds is 6. The minimum atomic E-state index is -0.213. The van der Waals surface area contributed by atoms with Crippen molar-refractivity contribution in [3.63, 3.8) is 0 Å². The molecular weight excluding hydrogens is 231 g/mol. The van der Waals surface area contributed by atoms with Gasteiger partial charge in [-0.3, -0.25) is 4.90 Å². The van der Waals surface area contributed by atoms with Crippen LogP contribution in [0.2, 0.25) is 0 Å². The van der Waals surface area contributed by atoms with Gasteiger partial charge in [0.25, 0.3) is 0 Å². The molecule has 4 heteroatoms.